The number of anilines is 1. The second-order valence-corrected chi connectivity index (χ2v) is 5.64. The third-order valence-electron chi connectivity index (χ3n) is 3.19. The summed E-state index contributed by atoms with van der Waals surface area (Å²) in [5.41, 5.74) is 0.954. The maximum absolute atomic E-state index is 5.64. The lowest BCUT2D eigenvalue weighted by molar-refractivity contribution is 0.171. The number of hydrogen-bond donors (Lipinski definition) is 1. The minimum Gasteiger partial charge on any atom is -0.486 e. The summed E-state index contributed by atoms with van der Waals surface area (Å²) in [5, 5.41) is 3.41. The van der Waals surface area contributed by atoms with Crippen LogP contribution in [0.4, 0.5) is 5.69 Å². The Labute approximate surface area is 126 Å². The Balaban J connectivity index is 1.83. The summed E-state index contributed by atoms with van der Waals surface area (Å²) in [6.07, 6.45) is 0. The quantitative estimate of drug-likeness (QED) is 0.906. The van der Waals surface area contributed by atoms with Gasteiger partial charge in [0.2, 0.25) is 0 Å². The molecule has 1 atom stereocenters. The molecule has 1 unspecified atom stereocenters. The van der Waals surface area contributed by atoms with Gasteiger partial charge in [-0.05, 0) is 41.9 Å². The molecule has 0 bridgehead atoms. The minimum atomic E-state index is 0.0718. The van der Waals surface area contributed by atoms with Crippen LogP contribution in [0.2, 0.25) is 0 Å². The van der Waals surface area contributed by atoms with Crippen molar-refractivity contribution in [2.45, 2.75) is 19.9 Å². The summed E-state index contributed by atoms with van der Waals surface area (Å²) in [6.45, 7) is 5.17. The van der Waals surface area contributed by atoms with Gasteiger partial charge < -0.3 is 19.2 Å². The highest BCUT2D eigenvalue weighted by molar-refractivity contribution is 9.10. The Morgan fingerprint density at radius 2 is 1.85 bits per heavy atom. The van der Waals surface area contributed by atoms with Crippen LogP contribution in [0, 0.1) is 6.92 Å². The van der Waals surface area contributed by atoms with E-state index in [4.69, 9.17) is 13.9 Å². The molecule has 1 N–H and O–H groups in total. The van der Waals surface area contributed by atoms with Gasteiger partial charge >= 0.3 is 0 Å². The molecule has 0 saturated heterocycles. The molecule has 0 radical (unpaired) electrons. The van der Waals surface area contributed by atoms with E-state index in [9.17, 15) is 0 Å². The normalized spacial score (nSPS) is 14.9. The lowest BCUT2D eigenvalue weighted by atomic mass is 10.2. The lowest BCUT2D eigenvalue weighted by Gasteiger charge is -2.21. The number of rotatable bonds is 3. The van der Waals surface area contributed by atoms with Crippen LogP contribution < -0.4 is 14.8 Å². The van der Waals surface area contributed by atoms with Gasteiger partial charge in [0.1, 0.15) is 24.7 Å². The van der Waals surface area contributed by atoms with Crippen LogP contribution >= 0.6 is 15.9 Å². The minimum absolute atomic E-state index is 0.0718. The molecule has 5 heteroatoms. The molecule has 1 aliphatic heterocycles. The van der Waals surface area contributed by atoms with Gasteiger partial charge in [-0.2, -0.15) is 0 Å². The molecular weight excluding hydrogens is 322 g/mol. The van der Waals surface area contributed by atoms with Gasteiger partial charge in [0.15, 0.2) is 11.5 Å². The van der Waals surface area contributed by atoms with Gasteiger partial charge in [-0.15, -0.1) is 0 Å². The predicted molar refractivity (Wildman–Crippen MR) is 80.6 cm³/mol. The van der Waals surface area contributed by atoms with Crippen LogP contribution in [0.5, 0.6) is 11.5 Å². The summed E-state index contributed by atoms with van der Waals surface area (Å²) in [7, 11) is 0. The second-order valence-electron chi connectivity index (χ2n) is 4.79. The molecule has 4 nitrogen and oxygen atoms in total. The van der Waals surface area contributed by atoms with E-state index < -0.39 is 0 Å². The summed E-state index contributed by atoms with van der Waals surface area (Å²) in [6, 6.07) is 7.90. The molecule has 0 amide bonds. The Morgan fingerprint density at radius 1 is 1.15 bits per heavy atom. The first-order valence-corrected chi connectivity index (χ1v) is 7.35. The monoisotopic (exact) mass is 337 g/mol. The number of fused-ring (bicyclic) bond motifs is 1. The van der Waals surface area contributed by atoms with Crippen molar-refractivity contribution in [3.63, 3.8) is 0 Å². The fourth-order valence-corrected chi connectivity index (χ4v) is 2.60. The summed E-state index contributed by atoms with van der Waals surface area (Å²) in [5.74, 6) is 3.36. The molecule has 0 fully saturated rings. The highest BCUT2D eigenvalue weighted by atomic mass is 79.9. The Hall–Kier alpha value is -1.62. The molecule has 0 aliphatic carbocycles. The van der Waals surface area contributed by atoms with Gasteiger partial charge in [0.05, 0.1) is 11.7 Å². The average molecular weight is 338 g/mol. The summed E-state index contributed by atoms with van der Waals surface area (Å²) >= 11 is 3.55. The van der Waals surface area contributed by atoms with E-state index in [-0.39, 0.29) is 6.04 Å². The molecular formula is C15H16BrNO3. The van der Waals surface area contributed by atoms with E-state index in [1.54, 1.807) is 0 Å². The highest BCUT2D eigenvalue weighted by Crippen LogP contribution is 2.39. The zero-order valence-corrected chi connectivity index (χ0v) is 13.0. The molecule has 20 heavy (non-hydrogen) atoms. The van der Waals surface area contributed by atoms with Gasteiger partial charge in [0.25, 0.3) is 0 Å². The van der Waals surface area contributed by atoms with Crippen molar-refractivity contribution in [2.75, 3.05) is 18.5 Å². The van der Waals surface area contributed by atoms with Gasteiger partial charge in [-0.1, -0.05) is 0 Å². The van der Waals surface area contributed by atoms with Crippen molar-refractivity contribution < 1.29 is 13.9 Å². The van der Waals surface area contributed by atoms with Crippen LogP contribution in [-0.4, -0.2) is 13.2 Å². The summed E-state index contributed by atoms with van der Waals surface area (Å²) in [4.78, 5) is 0. The number of ether oxygens (including phenoxy) is 2. The van der Waals surface area contributed by atoms with Crippen LogP contribution in [0.1, 0.15) is 24.5 Å². The van der Waals surface area contributed by atoms with Gasteiger partial charge in [-0.3, -0.25) is 0 Å². The molecule has 1 aliphatic rings. The fourth-order valence-electron chi connectivity index (χ4n) is 2.17. The number of halogens is 1. The van der Waals surface area contributed by atoms with Crippen molar-refractivity contribution in [3.05, 3.63) is 40.3 Å². The number of nitrogens with one attached hydrogen (secondary N) is 1. The molecule has 106 valence electrons. The third-order valence-corrected chi connectivity index (χ3v) is 3.85. The van der Waals surface area contributed by atoms with E-state index in [2.05, 4.69) is 28.2 Å². The fraction of sp³-hybridized carbons (Fsp3) is 0.333. The molecule has 0 saturated carbocycles. The zero-order valence-electron chi connectivity index (χ0n) is 11.4. The van der Waals surface area contributed by atoms with Crippen molar-refractivity contribution >= 4 is 21.6 Å². The first-order valence-electron chi connectivity index (χ1n) is 6.55. The smallest absolute Gasteiger partial charge is 0.163 e. The first kappa shape index (κ1) is 13.4. The van der Waals surface area contributed by atoms with Crippen LogP contribution in [-0.2, 0) is 0 Å². The maximum atomic E-state index is 5.64. The van der Waals surface area contributed by atoms with E-state index in [1.807, 2.05) is 31.2 Å². The van der Waals surface area contributed by atoms with Crippen LogP contribution in [0.15, 0.2) is 33.2 Å². The van der Waals surface area contributed by atoms with Crippen molar-refractivity contribution in [1.29, 1.82) is 0 Å². The molecule has 2 heterocycles. The standard InChI is InChI=1S/C15H16BrNO3/c1-9-3-4-13(20-9)10(2)17-12-8-15-14(7-11(12)16)18-5-6-19-15/h3-4,7-8,10,17H,5-6H2,1-2H3. The second kappa shape index (κ2) is 5.40. The Bertz CT molecular complexity index is 624. The zero-order chi connectivity index (χ0) is 14.1. The first-order chi connectivity index (χ1) is 9.63. The predicted octanol–water partition coefficient (Wildman–Crippen LogP) is 4.29. The van der Waals surface area contributed by atoms with Crippen molar-refractivity contribution in [1.82, 2.24) is 0 Å². The van der Waals surface area contributed by atoms with E-state index in [0.29, 0.717) is 13.2 Å². The van der Waals surface area contributed by atoms with Gasteiger partial charge in [-0.25, -0.2) is 0 Å². The SMILES string of the molecule is Cc1ccc(C(C)Nc2cc3c(cc2Br)OCCO3)o1. The lowest BCUT2D eigenvalue weighted by Crippen LogP contribution is -2.16. The molecule has 1 aromatic heterocycles. The van der Waals surface area contributed by atoms with Crippen LogP contribution in [0.25, 0.3) is 0 Å². The van der Waals surface area contributed by atoms with Crippen molar-refractivity contribution in [2.24, 2.45) is 0 Å². The highest BCUT2D eigenvalue weighted by Gasteiger charge is 2.17. The van der Waals surface area contributed by atoms with Crippen molar-refractivity contribution in [3.8, 4) is 11.5 Å². The molecule has 2 aromatic rings. The van der Waals surface area contributed by atoms with E-state index >= 15 is 0 Å². The number of hydrogen-bond acceptors (Lipinski definition) is 4. The van der Waals surface area contributed by atoms with Crippen LogP contribution in [0.3, 0.4) is 0 Å². The van der Waals surface area contributed by atoms with Gasteiger partial charge in [0, 0.05) is 16.6 Å². The Morgan fingerprint density at radius 3 is 2.50 bits per heavy atom. The maximum Gasteiger partial charge on any atom is 0.163 e. The molecule has 1 aromatic carbocycles. The Kier molecular flexibility index (Phi) is 3.61. The average Bonchev–Trinajstić information content (AvgIpc) is 2.86. The number of benzene rings is 1. The van der Waals surface area contributed by atoms with E-state index in [1.165, 1.54) is 0 Å². The van der Waals surface area contributed by atoms with E-state index in [0.717, 1.165) is 33.2 Å². The third kappa shape index (κ3) is 2.63. The largest absolute Gasteiger partial charge is 0.486 e. The number of furan rings is 1. The molecule has 3 rings (SSSR count). The molecule has 0 spiro atoms. The number of aryl methyl sites for hydroxylation is 1. The topological polar surface area (TPSA) is 43.6 Å². The summed E-state index contributed by atoms with van der Waals surface area (Å²) < 4.78 is 17.7.